The maximum absolute atomic E-state index is 5.62. The van der Waals surface area contributed by atoms with Gasteiger partial charge in [0.15, 0.2) is 0 Å². The zero-order valence-electron chi connectivity index (χ0n) is 11.9. The molecule has 0 radical (unpaired) electrons. The van der Waals surface area contributed by atoms with Gasteiger partial charge in [0.1, 0.15) is 10.7 Å². The van der Waals surface area contributed by atoms with Crippen molar-refractivity contribution in [1.29, 1.82) is 0 Å². The summed E-state index contributed by atoms with van der Waals surface area (Å²) in [4.78, 5) is 0.387. The predicted octanol–water partition coefficient (Wildman–Crippen LogP) is 4.61. The summed E-state index contributed by atoms with van der Waals surface area (Å²) in [6, 6.07) is 13.6. The lowest BCUT2D eigenvalue weighted by Gasteiger charge is -2.12. The minimum atomic E-state index is 0.172. The molecule has 5 heteroatoms. The normalized spacial score (nSPS) is 10.5. The quantitative estimate of drug-likeness (QED) is 0.760. The first-order valence-corrected chi connectivity index (χ1v) is 7.79. The van der Waals surface area contributed by atoms with Crippen LogP contribution in [0, 0.1) is 0 Å². The van der Waals surface area contributed by atoms with E-state index in [4.69, 9.17) is 22.7 Å². The zero-order valence-corrected chi connectivity index (χ0v) is 14.3. The lowest BCUT2D eigenvalue weighted by molar-refractivity contribution is 0.242. The fourth-order valence-electron chi connectivity index (χ4n) is 1.81. The summed E-state index contributed by atoms with van der Waals surface area (Å²) in [5, 5.41) is 3.33. The van der Waals surface area contributed by atoms with E-state index in [-0.39, 0.29) is 6.10 Å². The Balaban J connectivity index is 2.13. The molecule has 0 aliphatic carbocycles. The van der Waals surface area contributed by atoms with Crippen LogP contribution in [0.4, 0.5) is 11.4 Å². The van der Waals surface area contributed by atoms with Crippen LogP contribution in [0.3, 0.4) is 0 Å². The van der Waals surface area contributed by atoms with Crippen LogP contribution in [0.25, 0.3) is 0 Å². The molecule has 0 heterocycles. The van der Waals surface area contributed by atoms with Crippen LogP contribution < -0.4 is 15.8 Å². The van der Waals surface area contributed by atoms with Crippen molar-refractivity contribution < 1.29 is 4.74 Å². The summed E-state index contributed by atoms with van der Waals surface area (Å²) < 4.78 is 6.53. The number of halogens is 1. The number of hydrogen-bond donors (Lipinski definition) is 2. The molecule has 2 aromatic carbocycles. The number of nitrogens with two attached hydrogens (primary N) is 1. The van der Waals surface area contributed by atoms with E-state index in [1.165, 1.54) is 0 Å². The first-order valence-electron chi connectivity index (χ1n) is 6.59. The van der Waals surface area contributed by atoms with Gasteiger partial charge in [0.05, 0.1) is 11.8 Å². The van der Waals surface area contributed by atoms with Gasteiger partial charge < -0.3 is 15.8 Å². The largest absolute Gasteiger partial charge is 0.491 e. The summed E-state index contributed by atoms with van der Waals surface area (Å²) >= 11 is 8.48. The molecular weight excluding hydrogens is 348 g/mol. The predicted molar refractivity (Wildman–Crippen MR) is 95.5 cm³/mol. The first kappa shape index (κ1) is 15.8. The van der Waals surface area contributed by atoms with Crippen molar-refractivity contribution in [3.63, 3.8) is 0 Å². The van der Waals surface area contributed by atoms with Gasteiger partial charge in [-0.1, -0.05) is 12.2 Å². The Labute approximate surface area is 138 Å². The molecule has 21 heavy (non-hydrogen) atoms. The summed E-state index contributed by atoms with van der Waals surface area (Å²) in [7, 11) is 0. The topological polar surface area (TPSA) is 47.3 Å². The van der Waals surface area contributed by atoms with E-state index in [0.29, 0.717) is 4.99 Å². The van der Waals surface area contributed by atoms with Crippen molar-refractivity contribution in [3.8, 4) is 5.75 Å². The van der Waals surface area contributed by atoms with Crippen molar-refractivity contribution in [1.82, 2.24) is 0 Å². The Hall–Kier alpha value is -1.59. The maximum Gasteiger partial charge on any atom is 0.119 e. The monoisotopic (exact) mass is 364 g/mol. The molecule has 0 saturated carbocycles. The molecule has 0 amide bonds. The second-order valence-electron chi connectivity index (χ2n) is 4.87. The molecule has 3 nitrogen and oxygen atoms in total. The van der Waals surface area contributed by atoms with Gasteiger partial charge >= 0.3 is 0 Å². The van der Waals surface area contributed by atoms with Crippen LogP contribution in [0.1, 0.15) is 19.4 Å². The standard InChI is InChI=1S/C16H17BrN2OS/c1-10(2)20-13-6-4-12(5-7-13)19-15-8-3-11(16(18)21)9-14(15)17/h3-10,19H,1-2H3,(H2,18,21). The van der Waals surface area contributed by atoms with Crippen LogP contribution in [0.5, 0.6) is 5.75 Å². The van der Waals surface area contributed by atoms with Crippen molar-refractivity contribution in [2.45, 2.75) is 20.0 Å². The van der Waals surface area contributed by atoms with Crippen molar-refractivity contribution in [3.05, 3.63) is 52.5 Å². The molecule has 0 bridgehead atoms. The zero-order chi connectivity index (χ0) is 15.4. The maximum atomic E-state index is 5.62. The third-order valence-corrected chi connectivity index (χ3v) is 3.65. The molecule has 0 aliphatic heterocycles. The Morgan fingerprint density at radius 3 is 2.38 bits per heavy atom. The van der Waals surface area contributed by atoms with Gasteiger partial charge in [-0.3, -0.25) is 0 Å². The van der Waals surface area contributed by atoms with E-state index in [9.17, 15) is 0 Å². The van der Waals surface area contributed by atoms with Gasteiger partial charge in [-0.15, -0.1) is 0 Å². The number of anilines is 2. The summed E-state index contributed by atoms with van der Waals surface area (Å²) in [5.74, 6) is 0.860. The van der Waals surface area contributed by atoms with Crippen LogP contribution in [-0.2, 0) is 0 Å². The highest BCUT2D eigenvalue weighted by Gasteiger charge is 2.04. The van der Waals surface area contributed by atoms with Gasteiger partial charge in [-0.25, -0.2) is 0 Å². The highest BCUT2D eigenvalue weighted by molar-refractivity contribution is 9.10. The Kier molecular flexibility index (Phi) is 5.20. The number of nitrogens with one attached hydrogen (secondary N) is 1. The smallest absolute Gasteiger partial charge is 0.119 e. The van der Waals surface area contributed by atoms with E-state index < -0.39 is 0 Å². The number of ether oxygens (including phenoxy) is 1. The molecule has 0 aliphatic rings. The van der Waals surface area contributed by atoms with E-state index in [1.807, 2.05) is 56.3 Å². The fourth-order valence-corrected chi connectivity index (χ4v) is 2.42. The van der Waals surface area contributed by atoms with Crippen LogP contribution in [0.15, 0.2) is 46.9 Å². The minimum absolute atomic E-state index is 0.172. The lowest BCUT2D eigenvalue weighted by Crippen LogP contribution is -2.09. The molecule has 0 spiro atoms. The van der Waals surface area contributed by atoms with Gasteiger partial charge in [0, 0.05) is 15.7 Å². The molecule has 0 atom stereocenters. The van der Waals surface area contributed by atoms with E-state index in [1.54, 1.807) is 0 Å². The van der Waals surface area contributed by atoms with Gasteiger partial charge in [0.25, 0.3) is 0 Å². The SMILES string of the molecule is CC(C)Oc1ccc(Nc2ccc(C(N)=S)cc2Br)cc1. The number of benzene rings is 2. The first-order chi connectivity index (χ1) is 9.95. The highest BCUT2D eigenvalue weighted by atomic mass is 79.9. The summed E-state index contributed by atoms with van der Waals surface area (Å²) in [6.45, 7) is 4.01. The number of thiocarbonyl (C=S) groups is 1. The Bertz CT molecular complexity index is 641. The molecule has 2 rings (SSSR count). The molecule has 0 unspecified atom stereocenters. The van der Waals surface area contributed by atoms with E-state index >= 15 is 0 Å². The van der Waals surface area contributed by atoms with Crippen LogP contribution in [-0.4, -0.2) is 11.1 Å². The lowest BCUT2D eigenvalue weighted by atomic mass is 10.2. The molecule has 0 saturated heterocycles. The molecule has 110 valence electrons. The van der Waals surface area contributed by atoms with E-state index in [0.717, 1.165) is 27.2 Å². The second-order valence-corrected chi connectivity index (χ2v) is 6.17. The number of rotatable bonds is 5. The molecule has 0 fully saturated rings. The molecule has 0 aromatic heterocycles. The average molecular weight is 365 g/mol. The van der Waals surface area contributed by atoms with E-state index in [2.05, 4.69) is 21.2 Å². The Morgan fingerprint density at radius 2 is 1.86 bits per heavy atom. The fraction of sp³-hybridized carbons (Fsp3) is 0.188. The van der Waals surface area contributed by atoms with Crippen molar-refractivity contribution >= 4 is 44.5 Å². The average Bonchev–Trinajstić information content (AvgIpc) is 2.42. The van der Waals surface area contributed by atoms with Gasteiger partial charge in [-0.05, 0) is 72.2 Å². The molecular formula is C16H17BrN2OS. The van der Waals surface area contributed by atoms with Crippen molar-refractivity contribution in [2.24, 2.45) is 5.73 Å². The van der Waals surface area contributed by atoms with Gasteiger partial charge in [0.2, 0.25) is 0 Å². The Morgan fingerprint density at radius 1 is 1.19 bits per heavy atom. The minimum Gasteiger partial charge on any atom is -0.491 e. The van der Waals surface area contributed by atoms with Crippen LogP contribution >= 0.6 is 28.1 Å². The number of hydrogen-bond acceptors (Lipinski definition) is 3. The van der Waals surface area contributed by atoms with Gasteiger partial charge in [-0.2, -0.15) is 0 Å². The summed E-state index contributed by atoms with van der Waals surface area (Å²) in [6.07, 6.45) is 0.172. The second kappa shape index (κ2) is 6.91. The van der Waals surface area contributed by atoms with Crippen molar-refractivity contribution in [2.75, 3.05) is 5.32 Å². The highest BCUT2D eigenvalue weighted by Crippen LogP contribution is 2.28. The van der Waals surface area contributed by atoms with Crippen LogP contribution in [0.2, 0.25) is 0 Å². The molecule has 2 aromatic rings. The third kappa shape index (κ3) is 4.44. The third-order valence-electron chi connectivity index (χ3n) is 2.76. The molecule has 3 N–H and O–H groups in total. The summed E-state index contributed by atoms with van der Waals surface area (Å²) in [5.41, 5.74) is 8.39.